The van der Waals surface area contributed by atoms with E-state index in [1.807, 2.05) is 12.1 Å². The van der Waals surface area contributed by atoms with Gasteiger partial charge in [-0.3, -0.25) is 4.90 Å². The molecule has 4 heteroatoms. The third kappa shape index (κ3) is 4.85. The van der Waals surface area contributed by atoms with Gasteiger partial charge >= 0.3 is 0 Å². The van der Waals surface area contributed by atoms with Gasteiger partial charge in [-0.15, -0.1) is 0 Å². The second kappa shape index (κ2) is 8.35. The van der Waals surface area contributed by atoms with Gasteiger partial charge in [-0.25, -0.2) is 4.39 Å². The number of nitrogens with zero attached hydrogens (tertiary/aromatic N) is 1. The van der Waals surface area contributed by atoms with Gasteiger partial charge in [0.1, 0.15) is 5.82 Å². The van der Waals surface area contributed by atoms with Gasteiger partial charge in [-0.05, 0) is 37.9 Å². The Kier molecular flexibility index (Phi) is 6.43. The van der Waals surface area contributed by atoms with Crippen molar-refractivity contribution in [3.63, 3.8) is 0 Å². The molecule has 0 spiro atoms. The van der Waals surface area contributed by atoms with Gasteiger partial charge in [0.25, 0.3) is 0 Å². The molecule has 0 amide bonds. The summed E-state index contributed by atoms with van der Waals surface area (Å²) in [6.07, 6.45) is 2.46. The second-order valence-corrected chi connectivity index (χ2v) is 5.53. The van der Waals surface area contributed by atoms with Crippen molar-refractivity contribution in [2.24, 2.45) is 5.92 Å². The van der Waals surface area contributed by atoms with Crippen LogP contribution in [0.25, 0.3) is 0 Å². The first kappa shape index (κ1) is 15.4. The minimum atomic E-state index is -0.0900. The van der Waals surface area contributed by atoms with E-state index >= 15 is 0 Å². The lowest BCUT2D eigenvalue weighted by molar-refractivity contribution is 0.158. The molecule has 1 aromatic carbocycles. The Bertz CT molecular complexity index is 400. The van der Waals surface area contributed by atoms with E-state index in [2.05, 4.69) is 10.2 Å². The molecule has 1 N–H and O–H groups in total. The van der Waals surface area contributed by atoms with Crippen LogP contribution < -0.4 is 5.32 Å². The molecule has 1 saturated heterocycles. The maximum Gasteiger partial charge on any atom is 0.127 e. The first-order valence-corrected chi connectivity index (χ1v) is 7.45. The lowest BCUT2D eigenvalue weighted by Gasteiger charge is -2.33. The molecule has 3 nitrogen and oxygen atoms in total. The van der Waals surface area contributed by atoms with Crippen LogP contribution in [0.2, 0.25) is 0 Å². The standard InChI is InChI=1S/C16H25FN2O/c1-20-10-8-18-11-14-5-4-9-19(12-14)13-15-6-2-3-7-16(15)17/h2-3,6-7,14,18H,4-5,8-13H2,1H3. The van der Waals surface area contributed by atoms with Crippen molar-refractivity contribution < 1.29 is 9.13 Å². The summed E-state index contributed by atoms with van der Waals surface area (Å²) < 4.78 is 18.7. The van der Waals surface area contributed by atoms with E-state index in [0.29, 0.717) is 5.92 Å². The number of piperidine rings is 1. The average molecular weight is 280 g/mol. The van der Waals surface area contributed by atoms with Crippen molar-refractivity contribution in [2.45, 2.75) is 19.4 Å². The molecule has 1 heterocycles. The topological polar surface area (TPSA) is 24.5 Å². The first-order valence-electron chi connectivity index (χ1n) is 7.45. The zero-order chi connectivity index (χ0) is 14.2. The number of ether oxygens (including phenoxy) is 1. The maximum atomic E-state index is 13.7. The second-order valence-electron chi connectivity index (χ2n) is 5.53. The van der Waals surface area contributed by atoms with E-state index in [1.54, 1.807) is 19.2 Å². The lowest BCUT2D eigenvalue weighted by atomic mass is 9.97. The fourth-order valence-corrected chi connectivity index (χ4v) is 2.81. The van der Waals surface area contributed by atoms with Crippen molar-refractivity contribution in [1.82, 2.24) is 10.2 Å². The number of benzene rings is 1. The summed E-state index contributed by atoms with van der Waals surface area (Å²) in [6.45, 7) is 5.53. The Morgan fingerprint density at radius 2 is 2.25 bits per heavy atom. The van der Waals surface area contributed by atoms with E-state index in [4.69, 9.17) is 4.74 Å². The van der Waals surface area contributed by atoms with Crippen molar-refractivity contribution in [3.8, 4) is 0 Å². The number of methoxy groups -OCH3 is 1. The highest BCUT2D eigenvalue weighted by molar-refractivity contribution is 5.17. The largest absolute Gasteiger partial charge is 0.383 e. The molecule has 1 unspecified atom stereocenters. The fourth-order valence-electron chi connectivity index (χ4n) is 2.81. The highest BCUT2D eigenvalue weighted by Crippen LogP contribution is 2.19. The third-order valence-corrected chi connectivity index (χ3v) is 3.87. The Labute approximate surface area is 121 Å². The van der Waals surface area contributed by atoms with Crippen LogP contribution in [0.4, 0.5) is 4.39 Å². The lowest BCUT2D eigenvalue weighted by Crippen LogP contribution is -2.39. The highest BCUT2D eigenvalue weighted by Gasteiger charge is 2.20. The highest BCUT2D eigenvalue weighted by atomic mass is 19.1. The minimum Gasteiger partial charge on any atom is -0.383 e. The molecule has 0 aliphatic carbocycles. The van der Waals surface area contributed by atoms with Crippen LogP contribution in [0.15, 0.2) is 24.3 Å². The van der Waals surface area contributed by atoms with Crippen molar-refractivity contribution in [1.29, 1.82) is 0 Å². The predicted molar refractivity (Wildman–Crippen MR) is 79.1 cm³/mol. The van der Waals surface area contributed by atoms with Crippen LogP contribution in [-0.2, 0) is 11.3 Å². The summed E-state index contributed by atoms with van der Waals surface area (Å²) in [5.74, 6) is 0.570. The van der Waals surface area contributed by atoms with E-state index in [1.165, 1.54) is 12.8 Å². The molecular formula is C16H25FN2O. The summed E-state index contributed by atoms with van der Waals surface area (Å²) in [5.41, 5.74) is 0.806. The summed E-state index contributed by atoms with van der Waals surface area (Å²) in [6, 6.07) is 7.09. The number of nitrogens with one attached hydrogen (secondary N) is 1. The molecule has 2 rings (SSSR count). The molecule has 0 bridgehead atoms. The van der Waals surface area contributed by atoms with Gasteiger partial charge in [0.2, 0.25) is 0 Å². The number of hydrogen-bond donors (Lipinski definition) is 1. The van der Waals surface area contributed by atoms with Crippen molar-refractivity contribution >= 4 is 0 Å². The monoisotopic (exact) mass is 280 g/mol. The van der Waals surface area contributed by atoms with E-state index in [-0.39, 0.29) is 5.82 Å². The number of halogens is 1. The van der Waals surface area contributed by atoms with Crippen LogP contribution in [0.3, 0.4) is 0 Å². The summed E-state index contributed by atoms with van der Waals surface area (Å²) in [7, 11) is 1.72. The maximum absolute atomic E-state index is 13.7. The van der Waals surface area contributed by atoms with Gasteiger partial charge in [-0.1, -0.05) is 18.2 Å². The van der Waals surface area contributed by atoms with Crippen LogP contribution in [0.5, 0.6) is 0 Å². The summed E-state index contributed by atoms with van der Waals surface area (Å²) in [4.78, 5) is 2.37. The molecule has 1 atom stereocenters. The average Bonchev–Trinajstić information content (AvgIpc) is 2.47. The Hall–Kier alpha value is -0.970. The molecule has 20 heavy (non-hydrogen) atoms. The van der Waals surface area contributed by atoms with Gasteiger partial charge in [0.15, 0.2) is 0 Å². The molecule has 0 saturated carbocycles. The number of likely N-dealkylation sites (tertiary alicyclic amines) is 1. The Balaban J connectivity index is 1.77. The fraction of sp³-hybridized carbons (Fsp3) is 0.625. The van der Waals surface area contributed by atoms with E-state index < -0.39 is 0 Å². The van der Waals surface area contributed by atoms with Gasteiger partial charge in [-0.2, -0.15) is 0 Å². The van der Waals surface area contributed by atoms with Crippen LogP contribution in [0.1, 0.15) is 18.4 Å². The van der Waals surface area contributed by atoms with E-state index in [9.17, 15) is 4.39 Å². The van der Waals surface area contributed by atoms with Gasteiger partial charge in [0, 0.05) is 32.3 Å². The minimum absolute atomic E-state index is 0.0900. The Morgan fingerprint density at radius 1 is 1.40 bits per heavy atom. The van der Waals surface area contributed by atoms with Crippen LogP contribution >= 0.6 is 0 Å². The van der Waals surface area contributed by atoms with Gasteiger partial charge < -0.3 is 10.1 Å². The SMILES string of the molecule is COCCNCC1CCCN(Cc2ccccc2F)C1. The van der Waals surface area contributed by atoms with E-state index in [0.717, 1.165) is 44.9 Å². The summed E-state index contributed by atoms with van der Waals surface area (Å²) >= 11 is 0. The summed E-state index contributed by atoms with van der Waals surface area (Å²) in [5, 5.41) is 3.43. The Morgan fingerprint density at radius 3 is 3.05 bits per heavy atom. The van der Waals surface area contributed by atoms with Crippen LogP contribution in [0, 0.1) is 11.7 Å². The van der Waals surface area contributed by atoms with Gasteiger partial charge in [0.05, 0.1) is 6.61 Å². The predicted octanol–water partition coefficient (Wildman–Crippen LogP) is 2.27. The molecule has 1 aliphatic heterocycles. The first-order chi connectivity index (χ1) is 9.79. The normalized spacial score (nSPS) is 20.2. The van der Waals surface area contributed by atoms with Crippen LogP contribution in [-0.4, -0.2) is 44.8 Å². The van der Waals surface area contributed by atoms with Crippen molar-refractivity contribution in [3.05, 3.63) is 35.6 Å². The molecule has 1 aliphatic rings. The molecule has 1 aromatic rings. The molecule has 1 fully saturated rings. The van der Waals surface area contributed by atoms with Crippen molar-refractivity contribution in [2.75, 3.05) is 39.9 Å². The zero-order valence-electron chi connectivity index (χ0n) is 12.3. The molecule has 0 aromatic heterocycles. The number of hydrogen-bond acceptors (Lipinski definition) is 3. The zero-order valence-corrected chi connectivity index (χ0v) is 12.3. The smallest absolute Gasteiger partial charge is 0.127 e. The third-order valence-electron chi connectivity index (χ3n) is 3.87. The molecular weight excluding hydrogens is 255 g/mol. The number of rotatable bonds is 7. The molecule has 112 valence electrons. The quantitative estimate of drug-likeness (QED) is 0.776. The molecule has 0 radical (unpaired) electrons.